The Labute approximate surface area is 169 Å². The summed E-state index contributed by atoms with van der Waals surface area (Å²) >= 11 is 17.6. The van der Waals surface area contributed by atoms with Gasteiger partial charge < -0.3 is 10.1 Å². The average molecular weight is 432 g/mol. The highest BCUT2D eigenvalue weighted by Crippen LogP contribution is 2.27. The van der Waals surface area contributed by atoms with E-state index >= 15 is 0 Å². The molecule has 0 bridgehead atoms. The number of esters is 1. The van der Waals surface area contributed by atoms with Gasteiger partial charge in [0.25, 0.3) is 11.6 Å². The predicted molar refractivity (Wildman–Crippen MR) is 102 cm³/mol. The molecule has 0 spiro atoms. The minimum absolute atomic E-state index is 0.0447. The number of hydrogen-bond donors (Lipinski definition) is 1. The molecular weight excluding hydrogens is 419 g/mol. The molecule has 0 radical (unpaired) electrons. The fourth-order valence-electron chi connectivity index (χ4n) is 2.07. The van der Waals surface area contributed by atoms with Gasteiger partial charge in [-0.15, -0.1) is 0 Å². The number of benzene rings is 2. The molecule has 1 N–H and O–H groups in total. The van der Waals surface area contributed by atoms with Crippen LogP contribution in [0, 0.1) is 10.1 Å². The van der Waals surface area contributed by atoms with Gasteiger partial charge in [-0.05, 0) is 30.7 Å². The molecule has 0 saturated heterocycles. The number of rotatable bonds is 6. The highest BCUT2D eigenvalue weighted by Gasteiger charge is 2.20. The number of nitro groups is 1. The van der Waals surface area contributed by atoms with Crippen LogP contribution in [0.15, 0.2) is 36.4 Å². The molecule has 0 heterocycles. The number of nitro benzene ring substituents is 1. The Morgan fingerprint density at radius 2 is 1.78 bits per heavy atom. The van der Waals surface area contributed by atoms with Crippen molar-refractivity contribution in [1.29, 1.82) is 0 Å². The molecule has 2 aromatic rings. The van der Waals surface area contributed by atoms with Crippen LogP contribution in [0.3, 0.4) is 0 Å². The summed E-state index contributed by atoms with van der Waals surface area (Å²) in [5.74, 6) is -1.33. The standard InChI is InChI=1S/C17H13Cl3N2O5/c1-9(27-16(23)7-10-2-4-12(18)14(20)6-10)17(24)21-15-8-11(22(25)26)3-5-13(15)19/h2-6,8-9H,7H2,1H3,(H,21,24). The Balaban J connectivity index is 1.98. The van der Waals surface area contributed by atoms with Crippen molar-refractivity contribution in [2.75, 3.05) is 5.32 Å². The molecule has 2 rings (SSSR count). The number of ether oxygens (including phenoxy) is 1. The van der Waals surface area contributed by atoms with Crippen LogP contribution >= 0.6 is 34.8 Å². The predicted octanol–water partition coefficient (Wildman–Crippen LogP) is 4.67. The van der Waals surface area contributed by atoms with Gasteiger partial charge in [0.1, 0.15) is 0 Å². The first kappa shape index (κ1) is 21.0. The summed E-state index contributed by atoms with van der Waals surface area (Å²) in [6.45, 7) is 1.37. The quantitative estimate of drug-likeness (QED) is 0.407. The van der Waals surface area contributed by atoms with Gasteiger partial charge in [-0.25, -0.2) is 0 Å². The zero-order valence-corrected chi connectivity index (χ0v) is 16.1. The highest BCUT2D eigenvalue weighted by molar-refractivity contribution is 6.42. The Morgan fingerprint density at radius 1 is 1.11 bits per heavy atom. The summed E-state index contributed by atoms with van der Waals surface area (Å²) in [5.41, 5.74) is 0.381. The maximum Gasteiger partial charge on any atom is 0.311 e. The molecule has 7 nitrogen and oxygen atoms in total. The van der Waals surface area contributed by atoms with Crippen LogP contribution in [0.5, 0.6) is 0 Å². The van der Waals surface area contributed by atoms with E-state index in [0.29, 0.717) is 15.6 Å². The van der Waals surface area contributed by atoms with Gasteiger partial charge in [-0.2, -0.15) is 0 Å². The number of non-ortho nitro benzene ring substituents is 1. The van der Waals surface area contributed by atoms with Crippen molar-refractivity contribution in [2.45, 2.75) is 19.4 Å². The maximum absolute atomic E-state index is 12.2. The molecule has 0 aliphatic heterocycles. The summed E-state index contributed by atoms with van der Waals surface area (Å²) in [7, 11) is 0. The van der Waals surface area contributed by atoms with E-state index in [-0.39, 0.29) is 22.8 Å². The Bertz CT molecular complexity index is 904. The molecule has 1 atom stereocenters. The molecule has 142 valence electrons. The molecule has 0 aliphatic rings. The van der Waals surface area contributed by atoms with Crippen molar-refractivity contribution in [3.63, 3.8) is 0 Å². The smallest absolute Gasteiger partial charge is 0.311 e. The van der Waals surface area contributed by atoms with Crippen LogP contribution in [-0.2, 0) is 20.7 Å². The Hall–Kier alpha value is -2.35. The van der Waals surface area contributed by atoms with E-state index in [1.54, 1.807) is 12.1 Å². The third-order valence-electron chi connectivity index (χ3n) is 3.43. The number of carbonyl (C=O) groups is 2. The number of carbonyl (C=O) groups excluding carboxylic acids is 2. The van der Waals surface area contributed by atoms with Crippen molar-refractivity contribution in [2.24, 2.45) is 0 Å². The molecule has 2 aromatic carbocycles. The molecule has 10 heteroatoms. The summed E-state index contributed by atoms with van der Waals surface area (Å²) in [6.07, 6.45) is -1.25. The molecule has 1 amide bonds. The summed E-state index contributed by atoms with van der Waals surface area (Å²) in [4.78, 5) is 34.4. The summed E-state index contributed by atoms with van der Waals surface area (Å²) in [5, 5.41) is 14.0. The van der Waals surface area contributed by atoms with Crippen molar-refractivity contribution >= 4 is 58.1 Å². The van der Waals surface area contributed by atoms with Crippen molar-refractivity contribution < 1.29 is 19.2 Å². The number of nitrogens with zero attached hydrogens (tertiary/aromatic N) is 1. The van der Waals surface area contributed by atoms with Gasteiger partial charge in [-0.1, -0.05) is 40.9 Å². The number of nitrogens with one attached hydrogen (secondary N) is 1. The van der Waals surface area contributed by atoms with Crippen molar-refractivity contribution in [3.05, 3.63) is 67.1 Å². The van der Waals surface area contributed by atoms with Crippen LogP contribution in [0.4, 0.5) is 11.4 Å². The van der Waals surface area contributed by atoms with Gasteiger partial charge in [0, 0.05) is 12.1 Å². The van der Waals surface area contributed by atoms with E-state index in [1.807, 2.05) is 0 Å². The van der Waals surface area contributed by atoms with E-state index in [1.165, 1.54) is 25.1 Å². The van der Waals surface area contributed by atoms with Gasteiger partial charge in [-0.3, -0.25) is 19.7 Å². The number of amides is 1. The SMILES string of the molecule is CC(OC(=O)Cc1ccc(Cl)c(Cl)c1)C(=O)Nc1cc([N+](=O)[O-])ccc1Cl. The fourth-order valence-corrected chi connectivity index (χ4v) is 2.55. The zero-order valence-electron chi connectivity index (χ0n) is 13.9. The largest absolute Gasteiger partial charge is 0.452 e. The van der Waals surface area contributed by atoms with Crippen molar-refractivity contribution in [3.8, 4) is 0 Å². The normalized spacial score (nSPS) is 11.6. The highest BCUT2D eigenvalue weighted by atomic mass is 35.5. The molecule has 0 saturated carbocycles. The summed E-state index contributed by atoms with van der Waals surface area (Å²) in [6, 6.07) is 8.30. The lowest BCUT2D eigenvalue weighted by atomic mass is 10.1. The van der Waals surface area contributed by atoms with Gasteiger partial charge in [0.2, 0.25) is 0 Å². The number of hydrogen-bond acceptors (Lipinski definition) is 5. The fraction of sp³-hybridized carbons (Fsp3) is 0.176. The van der Waals surface area contributed by atoms with Gasteiger partial charge in [0.05, 0.1) is 32.1 Å². The monoisotopic (exact) mass is 430 g/mol. The maximum atomic E-state index is 12.2. The molecule has 0 aromatic heterocycles. The lowest BCUT2D eigenvalue weighted by Gasteiger charge is -2.14. The van der Waals surface area contributed by atoms with E-state index in [9.17, 15) is 19.7 Å². The van der Waals surface area contributed by atoms with Crippen LogP contribution in [-0.4, -0.2) is 22.9 Å². The molecular formula is C17H13Cl3N2O5. The Kier molecular flexibility index (Phi) is 7.01. The minimum atomic E-state index is -1.14. The number of anilines is 1. The van der Waals surface area contributed by atoms with Gasteiger partial charge >= 0.3 is 5.97 Å². The van der Waals surface area contributed by atoms with E-state index in [2.05, 4.69) is 5.32 Å². The average Bonchev–Trinajstić information content (AvgIpc) is 2.59. The van der Waals surface area contributed by atoms with E-state index in [4.69, 9.17) is 39.5 Å². The topological polar surface area (TPSA) is 98.5 Å². The van der Waals surface area contributed by atoms with Crippen LogP contribution < -0.4 is 5.32 Å². The van der Waals surface area contributed by atoms with Crippen molar-refractivity contribution in [1.82, 2.24) is 0 Å². The summed E-state index contributed by atoms with van der Waals surface area (Å²) < 4.78 is 5.07. The first-order valence-electron chi connectivity index (χ1n) is 7.55. The van der Waals surface area contributed by atoms with Gasteiger partial charge in [0.15, 0.2) is 6.10 Å². The molecule has 1 unspecified atom stereocenters. The number of halogens is 3. The van der Waals surface area contributed by atoms with Crippen LogP contribution in [0.1, 0.15) is 12.5 Å². The molecule has 27 heavy (non-hydrogen) atoms. The zero-order chi connectivity index (χ0) is 20.1. The first-order chi connectivity index (χ1) is 12.7. The molecule has 0 fully saturated rings. The van der Waals surface area contributed by atoms with E-state index < -0.39 is 22.9 Å². The van der Waals surface area contributed by atoms with Crippen LogP contribution in [0.2, 0.25) is 15.1 Å². The second-order valence-electron chi connectivity index (χ2n) is 5.47. The third-order valence-corrected chi connectivity index (χ3v) is 4.50. The lowest BCUT2D eigenvalue weighted by Crippen LogP contribution is -2.30. The second kappa shape index (κ2) is 9.03. The first-order valence-corrected chi connectivity index (χ1v) is 8.69. The van der Waals surface area contributed by atoms with Crippen LogP contribution in [0.25, 0.3) is 0 Å². The second-order valence-corrected chi connectivity index (χ2v) is 6.69. The third kappa shape index (κ3) is 5.82. The Morgan fingerprint density at radius 3 is 2.41 bits per heavy atom. The van der Waals surface area contributed by atoms with E-state index in [0.717, 1.165) is 6.07 Å². The minimum Gasteiger partial charge on any atom is -0.452 e. The lowest BCUT2D eigenvalue weighted by molar-refractivity contribution is -0.384. The molecule has 0 aliphatic carbocycles.